The van der Waals surface area contributed by atoms with E-state index in [1.165, 1.54) is 5.56 Å². The average Bonchev–Trinajstić information content (AvgIpc) is 2.25. The van der Waals surface area contributed by atoms with Crippen molar-refractivity contribution in [1.29, 1.82) is 0 Å². The molecule has 0 saturated carbocycles. The predicted octanol–water partition coefficient (Wildman–Crippen LogP) is 4.10. The Morgan fingerprint density at radius 3 is 2.12 bits per heavy atom. The lowest BCUT2D eigenvalue weighted by Gasteiger charge is -2.35. The van der Waals surface area contributed by atoms with E-state index < -0.39 is 0 Å². The summed E-state index contributed by atoms with van der Waals surface area (Å²) in [7, 11) is 1.79. The summed E-state index contributed by atoms with van der Waals surface area (Å²) in [6.07, 6.45) is 0. The molecule has 0 amide bonds. The van der Waals surface area contributed by atoms with Gasteiger partial charge in [0.2, 0.25) is 0 Å². The van der Waals surface area contributed by atoms with Gasteiger partial charge in [0, 0.05) is 7.11 Å². The van der Waals surface area contributed by atoms with Gasteiger partial charge in [-0.25, -0.2) is 0 Å². The van der Waals surface area contributed by atoms with Gasteiger partial charge in [-0.2, -0.15) is 0 Å². The normalized spacial score (nSPS) is 15.8. The molecule has 0 aliphatic rings. The van der Waals surface area contributed by atoms with Crippen LogP contribution in [0.25, 0.3) is 0 Å². The van der Waals surface area contributed by atoms with Gasteiger partial charge in [0.05, 0.1) is 6.61 Å². The third-order valence-electron chi connectivity index (χ3n) is 3.39. The number of hydrogen-bond donors (Lipinski definition) is 0. The summed E-state index contributed by atoms with van der Waals surface area (Å²) in [5.41, 5.74) is 1.67. The zero-order valence-electron chi connectivity index (χ0n) is 11.2. The maximum absolute atomic E-state index is 5.37. The summed E-state index contributed by atoms with van der Waals surface area (Å²) in [4.78, 5) is 0. The van der Waals surface area contributed by atoms with Crippen LogP contribution in [-0.4, -0.2) is 13.7 Å². The summed E-state index contributed by atoms with van der Waals surface area (Å²) in [5, 5.41) is 0. The van der Waals surface area contributed by atoms with Crippen molar-refractivity contribution in [2.45, 2.75) is 33.6 Å². The van der Waals surface area contributed by atoms with Crippen molar-refractivity contribution < 1.29 is 4.74 Å². The van der Waals surface area contributed by atoms with E-state index >= 15 is 0 Å². The molecule has 0 N–H and O–H groups in total. The second kappa shape index (κ2) is 5.49. The third kappa shape index (κ3) is 3.34. The quantitative estimate of drug-likeness (QED) is 0.742. The fourth-order valence-electron chi connectivity index (χ4n) is 2.31. The first-order valence-electron chi connectivity index (χ1n) is 6.00. The van der Waals surface area contributed by atoms with E-state index in [4.69, 9.17) is 4.74 Å². The van der Waals surface area contributed by atoms with Crippen molar-refractivity contribution in [2.24, 2.45) is 11.3 Å². The van der Waals surface area contributed by atoms with Gasteiger partial charge in [-0.1, -0.05) is 58.0 Å². The standard InChI is InChI=1S/C15H24O/c1-12(13-9-7-6-8-10-13)14(11-16-5)15(2,3)4/h6-10,12,14H,11H2,1-5H3/t12-,14-/m1/s1. The summed E-state index contributed by atoms with van der Waals surface area (Å²) < 4.78 is 5.37. The zero-order valence-corrected chi connectivity index (χ0v) is 11.2. The van der Waals surface area contributed by atoms with E-state index in [-0.39, 0.29) is 5.41 Å². The molecule has 0 heterocycles. The molecule has 0 aromatic heterocycles. The van der Waals surface area contributed by atoms with Crippen LogP contribution in [0.3, 0.4) is 0 Å². The molecule has 90 valence electrons. The van der Waals surface area contributed by atoms with Gasteiger partial charge in [-0.05, 0) is 22.8 Å². The van der Waals surface area contributed by atoms with Gasteiger partial charge >= 0.3 is 0 Å². The topological polar surface area (TPSA) is 9.23 Å². The van der Waals surface area contributed by atoms with E-state index in [0.717, 1.165) is 6.61 Å². The van der Waals surface area contributed by atoms with Crippen LogP contribution in [0.1, 0.15) is 39.2 Å². The highest BCUT2D eigenvalue weighted by Crippen LogP contribution is 2.37. The largest absolute Gasteiger partial charge is 0.384 e. The fraction of sp³-hybridized carbons (Fsp3) is 0.600. The lowest BCUT2D eigenvalue weighted by atomic mass is 9.72. The van der Waals surface area contributed by atoms with Crippen molar-refractivity contribution in [3.8, 4) is 0 Å². The second-order valence-corrected chi connectivity index (χ2v) is 5.63. The first kappa shape index (κ1) is 13.2. The molecule has 0 spiro atoms. The Hall–Kier alpha value is -0.820. The van der Waals surface area contributed by atoms with E-state index in [0.29, 0.717) is 11.8 Å². The smallest absolute Gasteiger partial charge is 0.0501 e. The highest BCUT2D eigenvalue weighted by molar-refractivity contribution is 5.20. The summed E-state index contributed by atoms with van der Waals surface area (Å²) in [5.74, 6) is 1.07. The molecule has 1 heteroatoms. The Kier molecular flexibility index (Phi) is 4.55. The second-order valence-electron chi connectivity index (χ2n) is 5.63. The molecular weight excluding hydrogens is 196 g/mol. The Balaban J connectivity index is 2.87. The van der Waals surface area contributed by atoms with Crippen molar-refractivity contribution in [3.63, 3.8) is 0 Å². The molecule has 0 fully saturated rings. The third-order valence-corrected chi connectivity index (χ3v) is 3.39. The lowest BCUT2D eigenvalue weighted by Crippen LogP contribution is -2.29. The van der Waals surface area contributed by atoms with Crippen LogP contribution < -0.4 is 0 Å². The van der Waals surface area contributed by atoms with E-state index in [2.05, 4.69) is 58.0 Å². The van der Waals surface area contributed by atoms with Gasteiger partial charge in [-0.3, -0.25) is 0 Å². The lowest BCUT2D eigenvalue weighted by molar-refractivity contribution is 0.0754. The van der Waals surface area contributed by atoms with Crippen LogP contribution in [-0.2, 0) is 4.74 Å². The van der Waals surface area contributed by atoms with Gasteiger partial charge in [0.1, 0.15) is 0 Å². The molecule has 0 aliphatic heterocycles. The number of hydrogen-bond acceptors (Lipinski definition) is 1. The molecule has 2 atom stereocenters. The van der Waals surface area contributed by atoms with E-state index in [1.54, 1.807) is 7.11 Å². The van der Waals surface area contributed by atoms with E-state index in [1.807, 2.05) is 0 Å². The molecule has 1 rings (SSSR count). The molecule has 0 saturated heterocycles. The van der Waals surface area contributed by atoms with Crippen LogP contribution in [0.5, 0.6) is 0 Å². The summed E-state index contributed by atoms with van der Waals surface area (Å²) in [6.45, 7) is 9.98. The Bertz CT molecular complexity index is 297. The van der Waals surface area contributed by atoms with Crippen molar-refractivity contribution in [1.82, 2.24) is 0 Å². The van der Waals surface area contributed by atoms with Gasteiger partial charge < -0.3 is 4.74 Å². The minimum absolute atomic E-state index is 0.269. The van der Waals surface area contributed by atoms with Crippen LogP contribution in [0.4, 0.5) is 0 Å². The molecule has 1 aromatic carbocycles. The SMILES string of the molecule is COC[C@H]([C@H](C)c1ccccc1)C(C)(C)C. The first-order chi connectivity index (χ1) is 7.46. The average molecular weight is 220 g/mol. The van der Waals surface area contributed by atoms with Crippen molar-refractivity contribution >= 4 is 0 Å². The van der Waals surface area contributed by atoms with Crippen LogP contribution in [0.15, 0.2) is 30.3 Å². The predicted molar refractivity (Wildman–Crippen MR) is 69.7 cm³/mol. The highest BCUT2D eigenvalue weighted by atomic mass is 16.5. The molecule has 0 bridgehead atoms. The fourth-order valence-corrected chi connectivity index (χ4v) is 2.31. The van der Waals surface area contributed by atoms with Crippen LogP contribution in [0.2, 0.25) is 0 Å². The number of ether oxygens (including phenoxy) is 1. The van der Waals surface area contributed by atoms with Crippen LogP contribution in [0, 0.1) is 11.3 Å². The molecule has 0 radical (unpaired) electrons. The molecule has 1 aromatic rings. The minimum atomic E-state index is 0.269. The summed E-state index contributed by atoms with van der Waals surface area (Å²) >= 11 is 0. The maximum atomic E-state index is 5.37. The molecule has 1 nitrogen and oxygen atoms in total. The number of methoxy groups -OCH3 is 1. The van der Waals surface area contributed by atoms with Crippen molar-refractivity contribution in [2.75, 3.05) is 13.7 Å². The maximum Gasteiger partial charge on any atom is 0.0501 e. The minimum Gasteiger partial charge on any atom is -0.384 e. The Labute approximate surface area is 99.8 Å². The molecule has 16 heavy (non-hydrogen) atoms. The number of rotatable bonds is 4. The molecule has 0 unspecified atom stereocenters. The van der Waals surface area contributed by atoms with Crippen LogP contribution >= 0.6 is 0 Å². The molecular formula is C15H24O. The van der Waals surface area contributed by atoms with E-state index in [9.17, 15) is 0 Å². The van der Waals surface area contributed by atoms with Gasteiger partial charge in [0.15, 0.2) is 0 Å². The summed E-state index contributed by atoms with van der Waals surface area (Å²) in [6, 6.07) is 10.7. The van der Waals surface area contributed by atoms with Gasteiger partial charge in [0.25, 0.3) is 0 Å². The Morgan fingerprint density at radius 1 is 1.12 bits per heavy atom. The number of benzene rings is 1. The van der Waals surface area contributed by atoms with Crippen molar-refractivity contribution in [3.05, 3.63) is 35.9 Å². The highest BCUT2D eigenvalue weighted by Gasteiger charge is 2.30. The first-order valence-corrected chi connectivity index (χ1v) is 6.00. The Morgan fingerprint density at radius 2 is 1.69 bits per heavy atom. The molecule has 0 aliphatic carbocycles. The van der Waals surface area contributed by atoms with Gasteiger partial charge in [-0.15, -0.1) is 0 Å². The zero-order chi connectivity index (χ0) is 12.2. The monoisotopic (exact) mass is 220 g/mol.